The van der Waals surface area contributed by atoms with Gasteiger partial charge >= 0.3 is 0 Å². The molecule has 0 N–H and O–H groups in total. The Morgan fingerprint density at radius 1 is 0.230 bits per heavy atom. The van der Waals surface area contributed by atoms with Crippen LogP contribution in [0.15, 0.2) is 239 Å². The number of aromatic nitrogens is 2. The number of hydrogen-bond donors (Lipinski definition) is 0. The highest BCUT2D eigenvalue weighted by molar-refractivity contribution is 6.17. The molecule has 0 atom stereocenters. The Hall–Kier alpha value is -10.3. The molecule has 500 valence electrons. The number of para-hydroxylation sites is 4. The molecule has 16 aromatic rings. The standard InChI is InChI=1S/C94H92N4O2/c1-89(2,3)75-49-65(50-76(90(4,5)6)87(75)93(13,14)15)97-79-35-27-25-33-67(79)69-41-37-61(53-81(69)97)95(59-29-21-19-22-30-59)63-39-43-71-73-45-57-48-84-74(46-58(57)47-83(73)99-85(71)55-63)72-44-40-64(56-86(72)100-84)96(60-31-23-20-24-32-60)62-38-42-70-68-34-26-28-36-80(68)98(82(70)54-62)66-51-77(91(7,8)9)88(94(16,17)18)78(52-66)92(10,11)12/h19-56H,1-18H3. The third-order valence-electron chi connectivity index (χ3n) is 20.9. The number of rotatable bonds is 8. The van der Waals surface area contributed by atoms with Crippen LogP contribution < -0.4 is 9.80 Å². The minimum absolute atomic E-state index is 0.0498. The molecule has 0 bridgehead atoms. The summed E-state index contributed by atoms with van der Waals surface area (Å²) < 4.78 is 19.0. The maximum absolute atomic E-state index is 7.00. The van der Waals surface area contributed by atoms with Crippen molar-refractivity contribution in [1.29, 1.82) is 0 Å². The second-order valence-electron chi connectivity index (χ2n) is 34.4. The van der Waals surface area contributed by atoms with E-state index in [4.69, 9.17) is 8.83 Å². The predicted octanol–water partition coefficient (Wildman–Crippen LogP) is 27.6. The van der Waals surface area contributed by atoms with E-state index in [-0.39, 0.29) is 32.5 Å². The molecule has 0 fully saturated rings. The van der Waals surface area contributed by atoms with Crippen molar-refractivity contribution in [2.45, 2.75) is 157 Å². The number of fused-ring (bicyclic) bond motifs is 13. The minimum Gasteiger partial charge on any atom is -0.456 e. The summed E-state index contributed by atoms with van der Waals surface area (Å²) in [6, 6.07) is 85.5. The van der Waals surface area contributed by atoms with Crippen molar-refractivity contribution in [3.8, 4) is 11.4 Å². The fraction of sp³-hybridized carbons (Fsp3) is 0.255. The van der Waals surface area contributed by atoms with Gasteiger partial charge in [0.05, 0.1) is 22.1 Å². The fourth-order valence-corrected chi connectivity index (χ4v) is 16.3. The first-order valence-corrected chi connectivity index (χ1v) is 35.8. The monoisotopic (exact) mass is 1310 g/mol. The highest BCUT2D eigenvalue weighted by atomic mass is 16.3. The van der Waals surface area contributed by atoms with Gasteiger partial charge in [0.2, 0.25) is 0 Å². The Labute approximate surface area is 589 Å². The van der Waals surface area contributed by atoms with Crippen LogP contribution >= 0.6 is 0 Å². The summed E-state index contributed by atoms with van der Waals surface area (Å²) in [7, 11) is 0. The lowest BCUT2D eigenvalue weighted by atomic mass is 9.68. The molecule has 12 aromatic carbocycles. The third-order valence-corrected chi connectivity index (χ3v) is 20.9. The molecule has 0 saturated heterocycles. The zero-order chi connectivity index (χ0) is 70.1. The smallest absolute Gasteiger partial charge is 0.137 e. The number of furan rings is 2. The van der Waals surface area contributed by atoms with E-state index in [1.54, 1.807) is 0 Å². The van der Waals surface area contributed by atoms with Gasteiger partial charge in [0, 0.05) is 101 Å². The topological polar surface area (TPSA) is 42.6 Å². The van der Waals surface area contributed by atoms with Crippen LogP contribution in [0.1, 0.15) is 158 Å². The summed E-state index contributed by atoms with van der Waals surface area (Å²) in [5.41, 5.74) is 24.6. The average molecular weight is 1310 g/mol. The van der Waals surface area contributed by atoms with E-state index >= 15 is 0 Å². The van der Waals surface area contributed by atoms with Gasteiger partial charge in [-0.2, -0.15) is 0 Å². The first-order chi connectivity index (χ1) is 47.4. The van der Waals surface area contributed by atoms with Crippen LogP contribution in [0.4, 0.5) is 34.1 Å². The lowest BCUT2D eigenvalue weighted by Crippen LogP contribution is -2.28. The molecule has 0 amide bonds. The van der Waals surface area contributed by atoms with Crippen molar-refractivity contribution in [1.82, 2.24) is 9.13 Å². The van der Waals surface area contributed by atoms with Crippen LogP contribution in [0.25, 0.3) is 110 Å². The number of hydrogen-bond acceptors (Lipinski definition) is 4. The molecule has 0 spiro atoms. The molecule has 0 aliphatic heterocycles. The predicted molar refractivity (Wildman–Crippen MR) is 429 cm³/mol. The number of nitrogens with zero attached hydrogens (tertiary/aromatic N) is 4. The van der Waals surface area contributed by atoms with Crippen LogP contribution in [-0.2, 0) is 32.5 Å². The molecular weight excluding hydrogens is 1220 g/mol. The van der Waals surface area contributed by atoms with Gasteiger partial charge in [-0.05, 0) is 210 Å². The van der Waals surface area contributed by atoms with Gasteiger partial charge in [-0.3, -0.25) is 0 Å². The van der Waals surface area contributed by atoms with Crippen molar-refractivity contribution in [3.05, 3.63) is 264 Å². The van der Waals surface area contributed by atoms with Crippen molar-refractivity contribution < 1.29 is 8.83 Å². The summed E-state index contributed by atoms with van der Waals surface area (Å²) in [5, 5.41) is 11.3. The Morgan fingerprint density at radius 2 is 0.520 bits per heavy atom. The van der Waals surface area contributed by atoms with Crippen LogP contribution in [0.3, 0.4) is 0 Å². The summed E-state index contributed by atoms with van der Waals surface area (Å²) in [4.78, 5) is 4.74. The Balaban J connectivity index is 0.792. The summed E-state index contributed by atoms with van der Waals surface area (Å²) >= 11 is 0. The quantitative estimate of drug-likeness (QED) is 0.152. The summed E-state index contributed by atoms with van der Waals surface area (Å²) in [6.07, 6.45) is 0. The lowest BCUT2D eigenvalue weighted by Gasteiger charge is -2.37. The molecule has 0 saturated carbocycles. The maximum atomic E-state index is 7.00. The average Bonchev–Trinajstić information content (AvgIpc) is 1.57. The van der Waals surface area contributed by atoms with E-state index in [9.17, 15) is 0 Å². The van der Waals surface area contributed by atoms with Gasteiger partial charge in [0.1, 0.15) is 22.3 Å². The highest BCUT2D eigenvalue weighted by Gasteiger charge is 2.36. The van der Waals surface area contributed by atoms with Crippen LogP contribution in [0.2, 0.25) is 0 Å². The first kappa shape index (κ1) is 64.4. The van der Waals surface area contributed by atoms with E-state index in [0.29, 0.717) is 0 Å². The van der Waals surface area contributed by atoms with Crippen molar-refractivity contribution >= 4 is 132 Å². The zero-order valence-corrected chi connectivity index (χ0v) is 61.5. The van der Waals surface area contributed by atoms with Crippen LogP contribution in [0, 0.1) is 0 Å². The zero-order valence-electron chi connectivity index (χ0n) is 61.5. The number of anilines is 6. The van der Waals surface area contributed by atoms with Gasteiger partial charge < -0.3 is 27.8 Å². The molecule has 16 rings (SSSR count). The van der Waals surface area contributed by atoms with Gasteiger partial charge in [0.25, 0.3) is 0 Å². The van der Waals surface area contributed by atoms with Gasteiger partial charge in [-0.1, -0.05) is 210 Å². The molecule has 0 aliphatic rings. The van der Waals surface area contributed by atoms with E-state index in [1.807, 2.05) is 0 Å². The first-order valence-electron chi connectivity index (χ1n) is 35.8. The Morgan fingerprint density at radius 3 is 0.850 bits per heavy atom. The molecule has 6 heteroatoms. The Kier molecular flexibility index (Phi) is 14.6. The summed E-state index contributed by atoms with van der Waals surface area (Å²) in [6.45, 7) is 42.6. The van der Waals surface area contributed by atoms with Gasteiger partial charge in [-0.15, -0.1) is 0 Å². The molecule has 0 aliphatic carbocycles. The maximum Gasteiger partial charge on any atom is 0.137 e. The highest BCUT2D eigenvalue weighted by Crippen LogP contribution is 2.50. The molecule has 100 heavy (non-hydrogen) atoms. The van der Waals surface area contributed by atoms with Crippen LogP contribution in [-0.4, -0.2) is 9.13 Å². The van der Waals surface area contributed by atoms with Crippen molar-refractivity contribution in [2.24, 2.45) is 0 Å². The van der Waals surface area contributed by atoms with E-state index in [1.165, 1.54) is 77.3 Å². The van der Waals surface area contributed by atoms with Crippen molar-refractivity contribution in [2.75, 3.05) is 9.80 Å². The normalized spacial score (nSPS) is 13.1. The fourth-order valence-electron chi connectivity index (χ4n) is 16.3. The van der Waals surface area contributed by atoms with E-state index in [2.05, 4.69) is 374 Å². The molecule has 4 heterocycles. The van der Waals surface area contributed by atoms with Gasteiger partial charge in [0.15, 0.2) is 0 Å². The molecular formula is C94H92N4O2. The second kappa shape index (κ2) is 22.6. The molecule has 0 unspecified atom stereocenters. The molecule has 0 radical (unpaired) electrons. The lowest BCUT2D eigenvalue weighted by molar-refractivity contribution is 0.497. The third kappa shape index (κ3) is 10.7. The SMILES string of the molecule is CC(C)(C)c1cc(-n2c3ccccc3c3ccc(N(c4ccccc4)c4ccc5c(c4)oc4cc6cc7c(cc6cc45)oc4cc(N(c5ccccc5)c5ccc6c8ccccc8n(-c8cc(C(C)(C)C)c(C(C)(C)C)c(C(C)(C)C)c8)c6c5)ccc47)cc32)cc(C(C)(C)C)c1C(C)(C)C. The van der Waals surface area contributed by atoms with Crippen LogP contribution in [0.5, 0.6) is 0 Å². The second-order valence-corrected chi connectivity index (χ2v) is 34.4. The van der Waals surface area contributed by atoms with E-state index < -0.39 is 0 Å². The molecule has 6 nitrogen and oxygen atoms in total. The largest absolute Gasteiger partial charge is 0.456 e. The molecule has 4 aromatic heterocycles. The van der Waals surface area contributed by atoms with Crippen molar-refractivity contribution in [3.63, 3.8) is 0 Å². The minimum atomic E-state index is -0.0883. The van der Waals surface area contributed by atoms with E-state index in [0.717, 1.165) is 99.8 Å². The van der Waals surface area contributed by atoms with Gasteiger partial charge in [-0.25, -0.2) is 0 Å². The number of benzene rings is 12. The summed E-state index contributed by atoms with van der Waals surface area (Å²) in [5.74, 6) is 0. The Bertz CT molecular complexity index is 5530.